The van der Waals surface area contributed by atoms with Crippen molar-refractivity contribution in [2.45, 2.75) is 24.9 Å². The SMILES string of the molecule is Cl.Cl.c1ccc(CN2CCCC23CNC3)cc1. The third-order valence-electron chi connectivity index (χ3n) is 3.87. The number of likely N-dealkylation sites (tertiary alicyclic amines) is 1. The Hall–Kier alpha value is -0.280. The molecule has 1 aromatic rings. The minimum absolute atomic E-state index is 0. The Bertz CT molecular complexity index is 339. The smallest absolute Gasteiger partial charge is 0.0462 e. The zero-order valence-corrected chi connectivity index (χ0v) is 11.5. The van der Waals surface area contributed by atoms with Crippen LogP contribution < -0.4 is 5.32 Å². The molecule has 0 atom stereocenters. The van der Waals surface area contributed by atoms with Gasteiger partial charge in [0, 0.05) is 25.2 Å². The molecule has 1 spiro atoms. The molecule has 0 aliphatic carbocycles. The van der Waals surface area contributed by atoms with Gasteiger partial charge in [0.05, 0.1) is 0 Å². The molecule has 2 fully saturated rings. The van der Waals surface area contributed by atoms with E-state index in [2.05, 4.69) is 40.5 Å². The fourth-order valence-electron chi connectivity index (χ4n) is 2.86. The fraction of sp³-hybridized carbons (Fsp3) is 0.538. The van der Waals surface area contributed by atoms with Crippen molar-refractivity contribution in [2.24, 2.45) is 0 Å². The van der Waals surface area contributed by atoms with Crippen LogP contribution in [0.5, 0.6) is 0 Å². The Morgan fingerprint density at radius 1 is 1.12 bits per heavy atom. The molecule has 0 amide bonds. The molecule has 17 heavy (non-hydrogen) atoms. The maximum atomic E-state index is 3.42. The maximum Gasteiger partial charge on any atom is 0.0462 e. The maximum absolute atomic E-state index is 3.42. The largest absolute Gasteiger partial charge is 0.313 e. The van der Waals surface area contributed by atoms with Crippen molar-refractivity contribution in [1.82, 2.24) is 10.2 Å². The molecule has 1 N–H and O–H groups in total. The summed E-state index contributed by atoms with van der Waals surface area (Å²) in [6, 6.07) is 10.8. The molecular weight excluding hydrogens is 255 g/mol. The van der Waals surface area contributed by atoms with Crippen LogP contribution in [-0.4, -0.2) is 30.1 Å². The number of halogens is 2. The predicted octanol–water partition coefficient (Wildman–Crippen LogP) is 2.47. The molecular formula is C13H20Cl2N2. The molecule has 2 aliphatic rings. The first-order valence-electron chi connectivity index (χ1n) is 5.89. The van der Waals surface area contributed by atoms with Gasteiger partial charge in [0.15, 0.2) is 0 Å². The molecule has 2 saturated heterocycles. The van der Waals surface area contributed by atoms with Gasteiger partial charge in [-0.3, -0.25) is 4.90 Å². The van der Waals surface area contributed by atoms with E-state index in [-0.39, 0.29) is 24.8 Å². The molecule has 3 rings (SSSR count). The second kappa shape index (κ2) is 6.05. The van der Waals surface area contributed by atoms with Gasteiger partial charge < -0.3 is 5.32 Å². The summed E-state index contributed by atoms with van der Waals surface area (Å²) in [4.78, 5) is 2.67. The van der Waals surface area contributed by atoms with Crippen molar-refractivity contribution in [3.63, 3.8) is 0 Å². The van der Waals surface area contributed by atoms with E-state index in [4.69, 9.17) is 0 Å². The van der Waals surface area contributed by atoms with Crippen molar-refractivity contribution in [2.75, 3.05) is 19.6 Å². The number of hydrogen-bond donors (Lipinski definition) is 1. The lowest BCUT2D eigenvalue weighted by Gasteiger charge is -2.46. The van der Waals surface area contributed by atoms with Crippen molar-refractivity contribution >= 4 is 24.8 Å². The van der Waals surface area contributed by atoms with Gasteiger partial charge in [0.2, 0.25) is 0 Å². The van der Waals surface area contributed by atoms with Crippen LogP contribution in [0.2, 0.25) is 0 Å². The number of benzene rings is 1. The average Bonchev–Trinajstić information content (AvgIpc) is 2.62. The summed E-state index contributed by atoms with van der Waals surface area (Å²) in [7, 11) is 0. The summed E-state index contributed by atoms with van der Waals surface area (Å²) < 4.78 is 0. The Morgan fingerprint density at radius 3 is 2.41 bits per heavy atom. The van der Waals surface area contributed by atoms with Crippen molar-refractivity contribution < 1.29 is 0 Å². The van der Waals surface area contributed by atoms with Crippen LogP contribution in [0, 0.1) is 0 Å². The fourth-order valence-corrected chi connectivity index (χ4v) is 2.86. The predicted molar refractivity (Wildman–Crippen MR) is 76.2 cm³/mol. The van der Waals surface area contributed by atoms with Gasteiger partial charge in [-0.1, -0.05) is 30.3 Å². The van der Waals surface area contributed by atoms with E-state index in [0.717, 1.165) is 6.54 Å². The van der Waals surface area contributed by atoms with Gasteiger partial charge in [0.25, 0.3) is 0 Å². The lowest BCUT2D eigenvalue weighted by Crippen LogP contribution is -2.65. The highest BCUT2D eigenvalue weighted by Gasteiger charge is 2.45. The Labute approximate surface area is 116 Å². The van der Waals surface area contributed by atoms with Crippen LogP contribution in [0.3, 0.4) is 0 Å². The van der Waals surface area contributed by atoms with Gasteiger partial charge >= 0.3 is 0 Å². The first-order chi connectivity index (χ1) is 7.39. The zero-order valence-electron chi connectivity index (χ0n) is 9.89. The van der Waals surface area contributed by atoms with Gasteiger partial charge in [-0.05, 0) is 24.9 Å². The van der Waals surface area contributed by atoms with E-state index >= 15 is 0 Å². The number of nitrogens with one attached hydrogen (secondary N) is 1. The minimum atomic E-state index is 0. The molecule has 0 unspecified atom stereocenters. The summed E-state index contributed by atoms with van der Waals surface area (Å²) in [6.45, 7) is 4.79. The molecule has 1 aromatic carbocycles. The van der Waals surface area contributed by atoms with Crippen LogP contribution >= 0.6 is 24.8 Å². The highest BCUT2D eigenvalue weighted by molar-refractivity contribution is 5.85. The zero-order chi connectivity index (χ0) is 10.1. The molecule has 2 heterocycles. The lowest BCUT2D eigenvalue weighted by atomic mass is 9.89. The van der Waals surface area contributed by atoms with Gasteiger partial charge in [-0.2, -0.15) is 0 Å². The highest BCUT2D eigenvalue weighted by atomic mass is 35.5. The van der Waals surface area contributed by atoms with Crippen molar-refractivity contribution in [1.29, 1.82) is 0 Å². The van der Waals surface area contributed by atoms with Gasteiger partial charge in [0.1, 0.15) is 0 Å². The molecule has 0 bridgehead atoms. The van der Waals surface area contributed by atoms with Crippen LogP contribution in [0.25, 0.3) is 0 Å². The van der Waals surface area contributed by atoms with E-state index in [1.54, 1.807) is 0 Å². The molecule has 96 valence electrons. The van der Waals surface area contributed by atoms with Gasteiger partial charge in [-0.15, -0.1) is 24.8 Å². The number of rotatable bonds is 2. The van der Waals surface area contributed by atoms with Crippen molar-refractivity contribution in [3.05, 3.63) is 35.9 Å². The summed E-state index contributed by atoms with van der Waals surface area (Å²) in [5.41, 5.74) is 1.96. The quantitative estimate of drug-likeness (QED) is 0.892. The third-order valence-corrected chi connectivity index (χ3v) is 3.87. The molecule has 4 heteroatoms. The monoisotopic (exact) mass is 274 g/mol. The van der Waals surface area contributed by atoms with E-state index in [0.29, 0.717) is 5.54 Å². The third kappa shape index (κ3) is 2.76. The summed E-state index contributed by atoms with van der Waals surface area (Å²) in [6.07, 6.45) is 2.75. The summed E-state index contributed by atoms with van der Waals surface area (Å²) >= 11 is 0. The van der Waals surface area contributed by atoms with E-state index < -0.39 is 0 Å². The number of hydrogen-bond acceptors (Lipinski definition) is 2. The molecule has 0 radical (unpaired) electrons. The Morgan fingerprint density at radius 2 is 1.82 bits per heavy atom. The van der Waals surface area contributed by atoms with Crippen molar-refractivity contribution in [3.8, 4) is 0 Å². The van der Waals surface area contributed by atoms with E-state index in [9.17, 15) is 0 Å². The summed E-state index contributed by atoms with van der Waals surface area (Å²) in [5.74, 6) is 0. The first-order valence-corrected chi connectivity index (χ1v) is 5.89. The average molecular weight is 275 g/mol. The molecule has 2 aliphatic heterocycles. The van der Waals surface area contributed by atoms with Gasteiger partial charge in [-0.25, -0.2) is 0 Å². The molecule has 0 aromatic heterocycles. The van der Waals surface area contributed by atoms with E-state index in [1.165, 1.54) is 38.0 Å². The Balaban J connectivity index is 0.000000722. The number of nitrogens with zero attached hydrogens (tertiary/aromatic N) is 1. The lowest BCUT2D eigenvalue weighted by molar-refractivity contribution is 0.0725. The summed E-state index contributed by atoms with van der Waals surface area (Å²) in [5, 5.41) is 3.42. The minimum Gasteiger partial charge on any atom is -0.313 e. The normalized spacial score (nSPS) is 21.4. The van der Waals surface area contributed by atoms with E-state index in [1.807, 2.05) is 0 Å². The standard InChI is InChI=1S/C13H18N2.2ClH/c1-2-5-12(6-3-1)9-15-8-4-7-13(15)10-14-11-13;;/h1-3,5-6,14H,4,7-11H2;2*1H. The molecule has 2 nitrogen and oxygen atoms in total. The van der Waals surface area contributed by atoms with Crippen LogP contribution in [0.15, 0.2) is 30.3 Å². The second-order valence-electron chi connectivity index (χ2n) is 4.84. The Kier molecular flexibility index (Phi) is 5.26. The van der Waals surface area contributed by atoms with Crippen LogP contribution in [0.4, 0.5) is 0 Å². The second-order valence-corrected chi connectivity index (χ2v) is 4.84. The topological polar surface area (TPSA) is 15.3 Å². The van der Waals surface area contributed by atoms with Crippen LogP contribution in [-0.2, 0) is 6.54 Å². The van der Waals surface area contributed by atoms with Crippen LogP contribution in [0.1, 0.15) is 18.4 Å². The molecule has 0 saturated carbocycles. The first kappa shape index (κ1) is 14.8. The highest BCUT2D eigenvalue weighted by Crippen LogP contribution is 2.33.